The van der Waals surface area contributed by atoms with Gasteiger partial charge in [-0.3, -0.25) is 9.89 Å². The summed E-state index contributed by atoms with van der Waals surface area (Å²) in [5.41, 5.74) is 2.42. The fraction of sp³-hybridized carbons (Fsp3) is 0.412. The van der Waals surface area contributed by atoms with Gasteiger partial charge in [-0.05, 0) is 39.2 Å². The average Bonchev–Trinajstić information content (AvgIpc) is 2.97. The van der Waals surface area contributed by atoms with Crippen molar-refractivity contribution < 1.29 is 4.79 Å². The zero-order valence-corrected chi connectivity index (χ0v) is 12.5. The van der Waals surface area contributed by atoms with Crippen molar-refractivity contribution in [1.82, 2.24) is 15.1 Å². The number of aromatic nitrogens is 2. The minimum atomic E-state index is 0.0596. The fourth-order valence-electron chi connectivity index (χ4n) is 3.15. The van der Waals surface area contributed by atoms with Gasteiger partial charge in [0.15, 0.2) is 0 Å². The van der Waals surface area contributed by atoms with Crippen LogP contribution in [0.25, 0.3) is 11.3 Å². The van der Waals surface area contributed by atoms with Gasteiger partial charge in [0, 0.05) is 17.6 Å². The molecular formula is C17H21N3O. The van der Waals surface area contributed by atoms with E-state index < -0.39 is 0 Å². The van der Waals surface area contributed by atoms with Gasteiger partial charge in [0.05, 0.1) is 5.69 Å². The number of hydrogen-bond donors (Lipinski definition) is 1. The van der Waals surface area contributed by atoms with E-state index in [4.69, 9.17) is 0 Å². The van der Waals surface area contributed by atoms with Crippen LogP contribution < -0.4 is 0 Å². The molecule has 0 bridgehead atoms. The summed E-state index contributed by atoms with van der Waals surface area (Å²) in [6.45, 7) is 4.25. The van der Waals surface area contributed by atoms with Crippen molar-refractivity contribution in [3.63, 3.8) is 0 Å². The molecule has 1 amide bonds. The standard InChI is InChI=1S/C17H21N3O/c1-12-7-6-8-13(2)20(12)17(21)16-11-15(18-19-16)14-9-4-3-5-10-14/h3-5,9-13H,6-8H2,1-2H3,(H,18,19). The average molecular weight is 283 g/mol. The first-order valence-corrected chi connectivity index (χ1v) is 7.60. The number of H-pyrrole nitrogens is 1. The lowest BCUT2D eigenvalue weighted by Crippen LogP contribution is -2.47. The first-order chi connectivity index (χ1) is 10.2. The summed E-state index contributed by atoms with van der Waals surface area (Å²) < 4.78 is 0. The maximum atomic E-state index is 12.7. The summed E-state index contributed by atoms with van der Waals surface area (Å²) in [5.74, 6) is 0.0596. The molecule has 0 saturated carbocycles. The number of nitrogens with one attached hydrogen (secondary N) is 1. The molecule has 1 N–H and O–H groups in total. The lowest BCUT2D eigenvalue weighted by atomic mass is 9.97. The topological polar surface area (TPSA) is 49.0 Å². The van der Waals surface area contributed by atoms with Gasteiger partial charge in [-0.25, -0.2) is 0 Å². The van der Waals surface area contributed by atoms with Crippen LogP contribution in [0.4, 0.5) is 0 Å². The Morgan fingerprint density at radius 2 is 1.86 bits per heavy atom. The third-order valence-electron chi connectivity index (χ3n) is 4.31. The molecule has 4 heteroatoms. The third kappa shape index (κ3) is 2.71. The molecule has 2 atom stereocenters. The van der Waals surface area contributed by atoms with Crippen LogP contribution in [0.15, 0.2) is 36.4 Å². The van der Waals surface area contributed by atoms with Gasteiger partial charge in [0.1, 0.15) is 5.69 Å². The van der Waals surface area contributed by atoms with Crippen molar-refractivity contribution in [3.8, 4) is 11.3 Å². The van der Waals surface area contributed by atoms with E-state index in [0.29, 0.717) is 17.8 Å². The van der Waals surface area contributed by atoms with E-state index in [-0.39, 0.29) is 5.91 Å². The smallest absolute Gasteiger partial charge is 0.272 e. The zero-order chi connectivity index (χ0) is 14.8. The molecule has 1 aliphatic heterocycles. The molecule has 1 aromatic carbocycles. The van der Waals surface area contributed by atoms with Crippen LogP contribution in [0.3, 0.4) is 0 Å². The Balaban J connectivity index is 1.84. The molecule has 1 aliphatic rings. The number of piperidine rings is 1. The Labute approximate surface area is 125 Å². The molecule has 4 nitrogen and oxygen atoms in total. The molecular weight excluding hydrogens is 262 g/mol. The summed E-state index contributed by atoms with van der Waals surface area (Å²) in [6, 6.07) is 12.4. The first-order valence-electron chi connectivity index (χ1n) is 7.60. The van der Waals surface area contributed by atoms with Crippen LogP contribution in [0.1, 0.15) is 43.6 Å². The van der Waals surface area contributed by atoms with Gasteiger partial charge in [-0.15, -0.1) is 0 Å². The van der Waals surface area contributed by atoms with Crippen molar-refractivity contribution in [2.24, 2.45) is 0 Å². The molecule has 21 heavy (non-hydrogen) atoms. The highest BCUT2D eigenvalue weighted by atomic mass is 16.2. The molecule has 0 radical (unpaired) electrons. The van der Waals surface area contributed by atoms with Crippen LogP contribution in [0, 0.1) is 0 Å². The Hall–Kier alpha value is -2.10. The second-order valence-corrected chi connectivity index (χ2v) is 5.87. The summed E-state index contributed by atoms with van der Waals surface area (Å²) in [6.07, 6.45) is 3.36. The van der Waals surface area contributed by atoms with Gasteiger partial charge in [0.2, 0.25) is 0 Å². The molecule has 110 valence electrons. The number of amides is 1. The number of rotatable bonds is 2. The highest BCUT2D eigenvalue weighted by molar-refractivity contribution is 5.93. The van der Waals surface area contributed by atoms with E-state index in [2.05, 4.69) is 24.0 Å². The molecule has 2 heterocycles. The van der Waals surface area contributed by atoms with E-state index in [0.717, 1.165) is 24.1 Å². The van der Waals surface area contributed by atoms with Gasteiger partial charge in [-0.1, -0.05) is 30.3 Å². The maximum Gasteiger partial charge on any atom is 0.272 e. The lowest BCUT2D eigenvalue weighted by Gasteiger charge is -2.38. The highest BCUT2D eigenvalue weighted by Crippen LogP contribution is 2.25. The van der Waals surface area contributed by atoms with Gasteiger partial charge >= 0.3 is 0 Å². The predicted octanol–water partition coefficient (Wildman–Crippen LogP) is 3.48. The molecule has 1 aromatic heterocycles. The molecule has 3 rings (SSSR count). The van der Waals surface area contributed by atoms with E-state index in [1.54, 1.807) is 0 Å². The van der Waals surface area contributed by atoms with Crippen molar-refractivity contribution >= 4 is 5.91 Å². The number of carbonyl (C=O) groups excluding carboxylic acids is 1. The van der Waals surface area contributed by atoms with E-state index in [1.807, 2.05) is 41.3 Å². The minimum Gasteiger partial charge on any atom is -0.332 e. The number of aromatic amines is 1. The Kier molecular flexibility index (Phi) is 3.78. The predicted molar refractivity (Wildman–Crippen MR) is 83.0 cm³/mol. The van der Waals surface area contributed by atoms with E-state index in [1.165, 1.54) is 6.42 Å². The highest BCUT2D eigenvalue weighted by Gasteiger charge is 2.30. The number of likely N-dealkylation sites (tertiary alicyclic amines) is 1. The summed E-state index contributed by atoms with van der Waals surface area (Å²) in [7, 11) is 0. The van der Waals surface area contributed by atoms with E-state index >= 15 is 0 Å². The van der Waals surface area contributed by atoms with Gasteiger partial charge in [0.25, 0.3) is 5.91 Å². The summed E-state index contributed by atoms with van der Waals surface area (Å²) >= 11 is 0. The fourth-order valence-corrected chi connectivity index (χ4v) is 3.15. The molecule has 0 aliphatic carbocycles. The largest absolute Gasteiger partial charge is 0.332 e. The normalized spacial score (nSPS) is 22.3. The lowest BCUT2D eigenvalue weighted by molar-refractivity contribution is 0.0504. The molecule has 2 unspecified atom stereocenters. The Morgan fingerprint density at radius 1 is 1.19 bits per heavy atom. The number of nitrogens with zero attached hydrogens (tertiary/aromatic N) is 2. The molecule has 0 spiro atoms. The molecule has 2 aromatic rings. The van der Waals surface area contributed by atoms with Crippen LogP contribution in [0.2, 0.25) is 0 Å². The minimum absolute atomic E-state index is 0.0596. The van der Waals surface area contributed by atoms with Crippen LogP contribution in [-0.2, 0) is 0 Å². The maximum absolute atomic E-state index is 12.7. The number of benzene rings is 1. The Morgan fingerprint density at radius 3 is 2.52 bits per heavy atom. The second kappa shape index (κ2) is 5.72. The zero-order valence-electron chi connectivity index (χ0n) is 12.5. The summed E-state index contributed by atoms with van der Waals surface area (Å²) in [5, 5.41) is 7.18. The van der Waals surface area contributed by atoms with Crippen molar-refractivity contribution in [2.75, 3.05) is 0 Å². The summed E-state index contributed by atoms with van der Waals surface area (Å²) in [4.78, 5) is 14.7. The van der Waals surface area contributed by atoms with Crippen LogP contribution >= 0.6 is 0 Å². The van der Waals surface area contributed by atoms with Crippen LogP contribution in [-0.4, -0.2) is 33.1 Å². The molecule has 1 fully saturated rings. The quantitative estimate of drug-likeness (QED) is 0.917. The first kappa shape index (κ1) is 13.9. The van der Waals surface area contributed by atoms with Gasteiger partial charge < -0.3 is 4.90 Å². The van der Waals surface area contributed by atoms with Crippen molar-refractivity contribution in [3.05, 3.63) is 42.1 Å². The Bertz CT molecular complexity index is 610. The monoisotopic (exact) mass is 283 g/mol. The van der Waals surface area contributed by atoms with Crippen LogP contribution in [0.5, 0.6) is 0 Å². The van der Waals surface area contributed by atoms with Gasteiger partial charge in [-0.2, -0.15) is 5.10 Å². The van der Waals surface area contributed by atoms with Crippen molar-refractivity contribution in [2.45, 2.75) is 45.2 Å². The molecule has 1 saturated heterocycles. The number of hydrogen-bond acceptors (Lipinski definition) is 2. The van der Waals surface area contributed by atoms with E-state index in [9.17, 15) is 4.79 Å². The third-order valence-corrected chi connectivity index (χ3v) is 4.31. The van der Waals surface area contributed by atoms with Crippen molar-refractivity contribution in [1.29, 1.82) is 0 Å². The number of carbonyl (C=O) groups is 1. The SMILES string of the molecule is CC1CCCC(C)N1C(=O)c1cc(-c2ccccc2)n[nH]1. The second-order valence-electron chi connectivity index (χ2n) is 5.87.